The minimum absolute atomic E-state index is 0.215. The molecule has 1 heterocycles. The largest absolute Gasteiger partial charge is 0.352 e. The summed E-state index contributed by atoms with van der Waals surface area (Å²) < 4.78 is 12.8. The van der Waals surface area contributed by atoms with Gasteiger partial charge in [0.1, 0.15) is 5.82 Å². The summed E-state index contributed by atoms with van der Waals surface area (Å²) in [5, 5.41) is 3.17. The fourth-order valence-corrected chi connectivity index (χ4v) is 1.82. The molecule has 0 saturated carbocycles. The Balaban J connectivity index is 2.15. The van der Waals surface area contributed by atoms with Crippen LogP contribution in [0, 0.1) is 12.7 Å². The van der Waals surface area contributed by atoms with Crippen molar-refractivity contribution < 1.29 is 4.39 Å². The van der Waals surface area contributed by atoms with Crippen LogP contribution >= 0.6 is 0 Å². The molecule has 100 valence electrons. The van der Waals surface area contributed by atoms with E-state index in [0.717, 1.165) is 16.8 Å². The Morgan fingerprint density at radius 1 is 1.21 bits per heavy atom. The molecule has 0 aliphatic heterocycles. The molecule has 1 N–H and O–H groups in total. The molecule has 0 saturated heterocycles. The van der Waals surface area contributed by atoms with Gasteiger partial charge in [-0.05, 0) is 44.0 Å². The standard InChI is InChI=1S/C15H18FN3/c1-10(2)18-15-17-9-13(11(3)19-15)8-12-4-6-14(16)7-5-12/h4-7,9-10H,8H2,1-3H3,(H,17,18,19). The molecule has 0 unspecified atom stereocenters. The number of nitrogens with one attached hydrogen (secondary N) is 1. The summed E-state index contributed by atoms with van der Waals surface area (Å²) in [4.78, 5) is 8.73. The maximum atomic E-state index is 12.8. The first-order valence-electron chi connectivity index (χ1n) is 6.38. The first kappa shape index (κ1) is 13.5. The zero-order valence-corrected chi connectivity index (χ0v) is 11.4. The van der Waals surface area contributed by atoms with Gasteiger partial charge < -0.3 is 5.32 Å². The van der Waals surface area contributed by atoms with Crippen molar-refractivity contribution in [3.8, 4) is 0 Å². The van der Waals surface area contributed by atoms with Gasteiger partial charge in [-0.15, -0.1) is 0 Å². The van der Waals surface area contributed by atoms with Crippen LogP contribution in [-0.4, -0.2) is 16.0 Å². The quantitative estimate of drug-likeness (QED) is 0.915. The van der Waals surface area contributed by atoms with E-state index in [1.54, 1.807) is 12.1 Å². The summed E-state index contributed by atoms with van der Waals surface area (Å²) in [6.07, 6.45) is 2.55. The Morgan fingerprint density at radius 3 is 2.47 bits per heavy atom. The predicted molar refractivity (Wildman–Crippen MR) is 74.7 cm³/mol. The summed E-state index contributed by atoms with van der Waals surface area (Å²) in [6, 6.07) is 6.83. The van der Waals surface area contributed by atoms with Gasteiger partial charge in [-0.1, -0.05) is 12.1 Å². The van der Waals surface area contributed by atoms with E-state index in [9.17, 15) is 4.39 Å². The number of anilines is 1. The highest BCUT2D eigenvalue weighted by Crippen LogP contribution is 2.14. The minimum Gasteiger partial charge on any atom is -0.352 e. The van der Waals surface area contributed by atoms with Crippen molar-refractivity contribution in [1.29, 1.82) is 0 Å². The number of aromatic nitrogens is 2. The van der Waals surface area contributed by atoms with E-state index in [1.165, 1.54) is 12.1 Å². The van der Waals surface area contributed by atoms with Crippen LogP contribution in [0.3, 0.4) is 0 Å². The van der Waals surface area contributed by atoms with Gasteiger partial charge in [0.15, 0.2) is 0 Å². The van der Waals surface area contributed by atoms with E-state index in [0.29, 0.717) is 18.4 Å². The van der Waals surface area contributed by atoms with Crippen molar-refractivity contribution >= 4 is 5.95 Å². The Hall–Kier alpha value is -1.97. The van der Waals surface area contributed by atoms with Crippen molar-refractivity contribution in [2.75, 3.05) is 5.32 Å². The molecule has 0 radical (unpaired) electrons. The van der Waals surface area contributed by atoms with Gasteiger partial charge in [-0.3, -0.25) is 0 Å². The van der Waals surface area contributed by atoms with Gasteiger partial charge >= 0.3 is 0 Å². The van der Waals surface area contributed by atoms with Crippen LogP contribution in [0.25, 0.3) is 0 Å². The summed E-state index contributed by atoms with van der Waals surface area (Å²) >= 11 is 0. The van der Waals surface area contributed by atoms with E-state index in [2.05, 4.69) is 15.3 Å². The molecular weight excluding hydrogens is 241 g/mol. The van der Waals surface area contributed by atoms with Gasteiger partial charge in [-0.25, -0.2) is 14.4 Å². The normalized spacial score (nSPS) is 10.8. The highest BCUT2D eigenvalue weighted by atomic mass is 19.1. The van der Waals surface area contributed by atoms with Crippen LogP contribution in [0.1, 0.15) is 30.7 Å². The molecule has 0 amide bonds. The fraction of sp³-hybridized carbons (Fsp3) is 0.333. The average Bonchev–Trinajstić information content (AvgIpc) is 2.34. The fourth-order valence-electron chi connectivity index (χ4n) is 1.82. The molecule has 0 aliphatic rings. The monoisotopic (exact) mass is 259 g/mol. The molecule has 2 rings (SSSR count). The maximum absolute atomic E-state index is 12.8. The number of hydrogen-bond acceptors (Lipinski definition) is 3. The number of aryl methyl sites for hydroxylation is 1. The lowest BCUT2D eigenvalue weighted by molar-refractivity contribution is 0.627. The molecule has 1 aromatic heterocycles. The van der Waals surface area contributed by atoms with E-state index in [4.69, 9.17) is 0 Å². The summed E-state index contributed by atoms with van der Waals surface area (Å²) in [6.45, 7) is 6.06. The molecule has 0 spiro atoms. The smallest absolute Gasteiger partial charge is 0.223 e. The molecule has 3 nitrogen and oxygen atoms in total. The maximum Gasteiger partial charge on any atom is 0.223 e. The van der Waals surface area contributed by atoms with Crippen LogP contribution in [0.4, 0.5) is 10.3 Å². The van der Waals surface area contributed by atoms with Crippen molar-refractivity contribution in [2.45, 2.75) is 33.2 Å². The Bertz CT molecular complexity index is 550. The molecular formula is C15H18FN3. The summed E-state index contributed by atoms with van der Waals surface area (Å²) in [5.41, 5.74) is 3.06. The lowest BCUT2D eigenvalue weighted by Gasteiger charge is -2.10. The van der Waals surface area contributed by atoms with Crippen molar-refractivity contribution in [2.24, 2.45) is 0 Å². The Morgan fingerprint density at radius 2 is 1.89 bits per heavy atom. The zero-order chi connectivity index (χ0) is 13.8. The molecule has 0 aliphatic carbocycles. The molecule has 0 bridgehead atoms. The van der Waals surface area contributed by atoms with Gasteiger partial charge in [0.2, 0.25) is 5.95 Å². The zero-order valence-electron chi connectivity index (χ0n) is 11.4. The van der Waals surface area contributed by atoms with E-state index in [-0.39, 0.29) is 5.82 Å². The predicted octanol–water partition coefficient (Wildman–Crippen LogP) is 3.34. The number of benzene rings is 1. The van der Waals surface area contributed by atoms with Gasteiger partial charge in [0.25, 0.3) is 0 Å². The molecule has 2 aromatic rings. The third-order valence-electron chi connectivity index (χ3n) is 2.81. The molecule has 0 atom stereocenters. The van der Waals surface area contributed by atoms with Crippen molar-refractivity contribution in [3.05, 3.63) is 53.1 Å². The molecule has 0 fully saturated rings. The Labute approximate surface area is 112 Å². The summed E-state index contributed by atoms with van der Waals surface area (Å²) in [5.74, 6) is 0.434. The van der Waals surface area contributed by atoms with Gasteiger partial charge in [0, 0.05) is 24.4 Å². The second-order valence-corrected chi connectivity index (χ2v) is 4.91. The number of hydrogen-bond donors (Lipinski definition) is 1. The van der Waals surface area contributed by atoms with Crippen molar-refractivity contribution in [3.63, 3.8) is 0 Å². The van der Waals surface area contributed by atoms with Crippen LogP contribution in [0.15, 0.2) is 30.5 Å². The van der Waals surface area contributed by atoms with Crippen molar-refractivity contribution in [1.82, 2.24) is 9.97 Å². The third-order valence-corrected chi connectivity index (χ3v) is 2.81. The molecule has 1 aromatic carbocycles. The number of rotatable bonds is 4. The first-order valence-corrected chi connectivity index (χ1v) is 6.38. The average molecular weight is 259 g/mol. The van der Waals surface area contributed by atoms with Crippen LogP contribution in [-0.2, 0) is 6.42 Å². The highest BCUT2D eigenvalue weighted by Gasteiger charge is 2.05. The molecule has 19 heavy (non-hydrogen) atoms. The SMILES string of the molecule is Cc1nc(NC(C)C)ncc1Cc1ccc(F)cc1. The minimum atomic E-state index is -0.215. The topological polar surface area (TPSA) is 37.8 Å². The van der Waals surface area contributed by atoms with E-state index >= 15 is 0 Å². The number of nitrogens with zero attached hydrogens (tertiary/aromatic N) is 2. The second kappa shape index (κ2) is 5.78. The van der Waals surface area contributed by atoms with Gasteiger partial charge in [-0.2, -0.15) is 0 Å². The Kier molecular flexibility index (Phi) is 4.10. The lowest BCUT2D eigenvalue weighted by Crippen LogP contribution is -2.13. The van der Waals surface area contributed by atoms with Crippen LogP contribution in [0.5, 0.6) is 0 Å². The summed E-state index contributed by atoms with van der Waals surface area (Å²) in [7, 11) is 0. The lowest BCUT2D eigenvalue weighted by atomic mass is 10.1. The highest BCUT2D eigenvalue weighted by molar-refractivity contribution is 5.33. The van der Waals surface area contributed by atoms with E-state index < -0.39 is 0 Å². The van der Waals surface area contributed by atoms with Crippen LogP contribution < -0.4 is 5.32 Å². The molecule has 4 heteroatoms. The third kappa shape index (κ3) is 3.74. The van der Waals surface area contributed by atoms with Crippen LogP contribution in [0.2, 0.25) is 0 Å². The van der Waals surface area contributed by atoms with E-state index in [1.807, 2.05) is 27.0 Å². The number of halogens is 1. The van der Waals surface area contributed by atoms with Gasteiger partial charge in [0.05, 0.1) is 0 Å². The first-order chi connectivity index (χ1) is 9.04. The second-order valence-electron chi connectivity index (χ2n) is 4.91.